The third-order valence-corrected chi connectivity index (χ3v) is 3.20. The fourth-order valence-corrected chi connectivity index (χ4v) is 2.06. The number of aromatic nitrogens is 1. The molecule has 1 aliphatic carbocycles. The average Bonchev–Trinajstić information content (AvgIpc) is 3.11. The molecule has 0 atom stereocenters. The Balaban J connectivity index is 2.04. The molecular formula is C14H20N2O4. The van der Waals surface area contributed by atoms with E-state index in [2.05, 4.69) is 5.16 Å². The molecule has 1 amide bonds. The number of amides is 1. The van der Waals surface area contributed by atoms with Crippen LogP contribution in [0.1, 0.15) is 55.3 Å². The second-order valence-electron chi connectivity index (χ2n) is 5.68. The van der Waals surface area contributed by atoms with E-state index in [0.29, 0.717) is 12.5 Å². The number of carboxylic acid groups (broad SMARTS) is 1. The maximum absolute atomic E-state index is 12.4. The zero-order chi connectivity index (χ0) is 14.7. The van der Waals surface area contributed by atoms with Crippen molar-refractivity contribution in [3.63, 3.8) is 0 Å². The van der Waals surface area contributed by atoms with Gasteiger partial charge in [0.2, 0.25) is 0 Å². The van der Waals surface area contributed by atoms with Crippen molar-refractivity contribution >= 4 is 11.9 Å². The molecule has 1 fully saturated rings. The van der Waals surface area contributed by atoms with Crippen molar-refractivity contribution in [3.05, 3.63) is 17.5 Å². The predicted molar refractivity (Wildman–Crippen MR) is 71.5 cm³/mol. The van der Waals surface area contributed by atoms with E-state index in [1.807, 2.05) is 13.8 Å². The van der Waals surface area contributed by atoms with Crippen LogP contribution in [0.5, 0.6) is 0 Å². The molecule has 0 bridgehead atoms. The Kier molecular flexibility index (Phi) is 4.42. The lowest BCUT2D eigenvalue weighted by atomic mass is 10.2. The van der Waals surface area contributed by atoms with Crippen LogP contribution in [-0.4, -0.2) is 40.1 Å². The van der Waals surface area contributed by atoms with E-state index in [1.165, 1.54) is 4.90 Å². The third kappa shape index (κ3) is 3.82. The number of rotatable bonds is 7. The van der Waals surface area contributed by atoms with Crippen LogP contribution in [0.2, 0.25) is 0 Å². The first-order chi connectivity index (χ1) is 9.47. The van der Waals surface area contributed by atoms with Gasteiger partial charge in [-0.25, -0.2) is 0 Å². The topological polar surface area (TPSA) is 83.6 Å². The lowest BCUT2D eigenvalue weighted by molar-refractivity contribution is -0.137. The number of nitrogens with zero attached hydrogens (tertiary/aromatic N) is 2. The molecule has 0 unspecified atom stereocenters. The number of hydrogen-bond acceptors (Lipinski definition) is 4. The molecule has 1 heterocycles. The molecule has 0 aromatic carbocycles. The molecule has 20 heavy (non-hydrogen) atoms. The Labute approximate surface area is 117 Å². The second-order valence-corrected chi connectivity index (χ2v) is 5.68. The van der Waals surface area contributed by atoms with Gasteiger partial charge in [-0.1, -0.05) is 19.0 Å². The molecule has 2 rings (SSSR count). The van der Waals surface area contributed by atoms with Crippen LogP contribution < -0.4 is 0 Å². The Morgan fingerprint density at radius 1 is 1.50 bits per heavy atom. The second kappa shape index (κ2) is 6.07. The third-order valence-electron chi connectivity index (χ3n) is 3.20. The van der Waals surface area contributed by atoms with E-state index in [9.17, 15) is 9.59 Å². The summed E-state index contributed by atoms with van der Waals surface area (Å²) in [6.45, 7) is 4.68. The fraction of sp³-hybridized carbons (Fsp3) is 0.643. The molecule has 1 aromatic rings. The summed E-state index contributed by atoms with van der Waals surface area (Å²) in [7, 11) is 0. The molecule has 0 spiro atoms. The molecule has 6 heteroatoms. The van der Waals surface area contributed by atoms with Gasteiger partial charge in [0, 0.05) is 25.1 Å². The highest BCUT2D eigenvalue weighted by Crippen LogP contribution is 2.40. The number of carbonyl (C=O) groups excluding carboxylic acids is 1. The predicted octanol–water partition coefficient (Wildman–Crippen LogP) is 2.12. The lowest BCUT2D eigenvalue weighted by Crippen LogP contribution is -2.36. The van der Waals surface area contributed by atoms with Crippen LogP contribution in [0, 0.1) is 5.92 Å². The van der Waals surface area contributed by atoms with Crippen molar-refractivity contribution in [2.45, 2.75) is 39.0 Å². The first-order valence-electron chi connectivity index (χ1n) is 6.95. The van der Waals surface area contributed by atoms with Gasteiger partial charge in [-0.05, 0) is 18.8 Å². The SMILES string of the molecule is CC(C)CN(CCC(=O)O)C(=O)c1cc(C2CC2)on1. The van der Waals surface area contributed by atoms with Gasteiger partial charge in [-0.15, -0.1) is 0 Å². The number of hydrogen-bond donors (Lipinski definition) is 1. The molecule has 0 radical (unpaired) electrons. The summed E-state index contributed by atoms with van der Waals surface area (Å²) < 4.78 is 5.18. The highest BCUT2D eigenvalue weighted by atomic mass is 16.5. The molecule has 110 valence electrons. The van der Waals surface area contributed by atoms with Crippen LogP contribution in [0.3, 0.4) is 0 Å². The van der Waals surface area contributed by atoms with E-state index in [1.54, 1.807) is 6.07 Å². The monoisotopic (exact) mass is 280 g/mol. The van der Waals surface area contributed by atoms with Crippen LogP contribution in [0.25, 0.3) is 0 Å². The van der Waals surface area contributed by atoms with Crippen molar-refractivity contribution < 1.29 is 19.2 Å². The van der Waals surface area contributed by atoms with Gasteiger partial charge in [0.05, 0.1) is 6.42 Å². The Hall–Kier alpha value is -1.85. The van der Waals surface area contributed by atoms with Gasteiger partial charge in [-0.2, -0.15) is 0 Å². The van der Waals surface area contributed by atoms with Gasteiger partial charge in [0.1, 0.15) is 5.76 Å². The number of aliphatic carboxylic acids is 1. The Morgan fingerprint density at radius 3 is 2.75 bits per heavy atom. The van der Waals surface area contributed by atoms with Crippen molar-refractivity contribution in [3.8, 4) is 0 Å². The van der Waals surface area contributed by atoms with E-state index >= 15 is 0 Å². The molecule has 0 saturated heterocycles. The lowest BCUT2D eigenvalue weighted by Gasteiger charge is -2.22. The fourth-order valence-electron chi connectivity index (χ4n) is 2.06. The maximum atomic E-state index is 12.4. The van der Waals surface area contributed by atoms with E-state index in [-0.39, 0.29) is 30.5 Å². The maximum Gasteiger partial charge on any atom is 0.305 e. The molecule has 0 aliphatic heterocycles. The zero-order valence-corrected chi connectivity index (χ0v) is 11.8. The standard InChI is InChI=1S/C14H20N2O4/c1-9(2)8-16(6-5-13(17)18)14(19)11-7-12(20-15-11)10-3-4-10/h7,9-10H,3-6,8H2,1-2H3,(H,17,18). The zero-order valence-electron chi connectivity index (χ0n) is 11.8. The van der Waals surface area contributed by atoms with Gasteiger partial charge in [0.15, 0.2) is 5.69 Å². The number of carbonyl (C=O) groups is 2. The average molecular weight is 280 g/mol. The van der Waals surface area contributed by atoms with Crippen molar-refractivity contribution in [2.24, 2.45) is 5.92 Å². The van der Waals surface area contributed by atoms with Gasteiger partial charge < -0.3 is 14.5 Å². The summed E-state index contributed by atoms with van der Waals surface area (Å²) in [4.78, 5) is 24.6. The minimum atomic E-state index is -0.912. The smallest absolute Gasteiger partial charge is 0.305 e. The molecule has 1 aliphatic rings. The largest absolute Gasteiger partial charge is 0.481 e. The van der Waals surface area contributed by atoms with E-state index < -0.39 is 5.97 Å². The van der Waals surface area contributed by atoms with Crippen molar-refractivity contribution in [1.29, 1.82) is 0 Å². The van der Waals surface area contributed by atoms with Crippen molar-refractivity contribution in [1.82, 2.24) is 10.1 Å². The minimum absolute atomic E-state index is 0.0637. The molecular weight excluding hydrogens is 260 g/mol. The highest BCUT2D eigenvalue weighted by molar-refractivity contribution is 5.92. The van der Waals surface area contributed by atoms with E-state index in [0.717, 1.165) is 18.6 Å². The summed E-state index contributed by atoms with van der Waals surface area (Å²) in [5, 5.41) is 12.6. The summed E-state index contributed by atoms with van der Waals surface area (Å²) in [6.07, 6.45) is 2.10. The van der Waals surface area contributed by atoms with Gasteiger partial charge >= 0.3 is 5.97 Å². The summed E-state index contributed by atoms with van der Waals surface area (Å²) in [5.41, 5.74) is 0.276. The Morgan fingerprint density at radius 2 is 2.20 bits per heavy atom. The minimum Gasteiger partial charge on any atom is -0.481 e. The molecule has 6 nitrogen and oxygen atoms in total. The van der Waals surface area contributed by atoms with Crippen LogP contribution in [0.15, 0.2) is 10.6 Å². The molecule has 1 saturated carbocycles. The molecule has 1 aromatic heterocycles. The van der Waals surface area contributed by atoms with Crippen LogP contribution in [-0.2, 0) is 4.79 Å². The van der Waals surface area contributed by atoms with Crippen LogP contribution in [0.4, 0.5) is 0 Å². The van der Waals surface area contributed by atoms with Crippen LogP contribution >= 0.6 is 0 Å². The quantitative estimate of drug-likeness (QED) is 0.827. The first-order valence-corrected chi connectivity index (χ1v) is 6.95. The summed E-state index contributed by atoms with van der Waals surface area (Å²) in [5.74, 6) is 0.265. The van der Waals surface area contributed by atoms with Gasteiger partial charge in [-0.3, -0.25) is 9.59 Å². The summed E-state index contributed by atoms with van der Waals surface area (Å²) in [6, 6.07) is 1.69. The Bertz CT molecular complexity index is 491. The van der Waals surface area contributed by atoms with Gasteiger partial charge in [0.25, 0.3) is 5.91 Å². The number of carboxylic acids is 1. The highest BCUT2D eigenvalue weighted by Gasteiger charge is 2.30. The normalized spacial score (nSPS) is 14.6. The van der Waals surface area contributed by atoms with E-state index in [4.69, 9.17) is 9.63 Å². The first kappa shape index (κ1) is 14.6. The van der Waals surface area contributed by atoms with Crippen molar-refractivity contribution in [2.75, 3.05) is 13.1 Å². The molecule has 1 N–H and O–H groups in total. The summed E-state index contributed by atoms with van der Waals surface area (Å²) >= 11 is 0.